The number of benzene rings is 1. The molecular formula is C14H13NO4. The third kappa shape index (κ3) is 1.14. The van der Waals surface area contributed by atoms with Crippen molar-refractivity contribution >= 4 is 17.3 Å². The molecule has 0 fully saturated rings. The van der Waals surface area contributed by atoms with Gasteiger partial charge in [0.15, 0.2) is 5.60 Å². The molecule has 98 valence electrons. The zero-order chi connectivity index (χ0) is 14.0. The quantitative estimate of drug-likeness (QED) is 0.766. The summed E-state index contributed by atoms with van der Waals surface area (Å²) >= 11 is 0. The Morgan fingerprint density at radius 2 is 1.95 bits per heavy atom. The molecule has 0 spiro atoms. The smallest absolute Gasteiger partial charge is 0.220 e. The topological polar surface area (TPSA) is 87.0 Å². The van der Waals surface area contributed by atoms with E-state index in [1.165, 1.54) is 19.9 Å². The van der Waals surface area contributed by atoms with Crippen molar-refractivity contribution < 1.29 is 19.8 Å². The summed E-state index contributed by atoms with van der Waals surface area (Å²) in [5, 5.41) is 21.4. The molecule has 0 saturated heterocycles. The number of aliphatic hydroxyl groups is 2. The molecule has 1 aromatic carbocycles. The van der Waals surface area contributed by atoms with Crippen molar-refractivity contribution in [2.24, 2.45) is 10.9 Å². The van der Waals surface area contributed by atoms with Crippen LogP contribution >= 0.6 is 0 Å². The minimum absolute atomic E-state index is 0.218. The fourth-order valence-electron chi connectivity index (χ4n) is 3.24. The summed E-state index contributed by atoms with van der Waals surface area (Å²) < 4.78 is 0. The lowest BCUT2D eigenvalue weighted by Gasteiger charge is -2.31. The highest BCUT2D eigenvalue weighted by Crippen LogP contribution is 2.53. The van der Waals surface area contributed by atoms with Crippen molar-refractivity contribution in [3.05, 3.63) is 35.4 Å². The van der Waals surface area contributed by atoms with Crippen LogP contribution in [-0.2, 0) is 10.5 Å². The molecule has 0 saturated carbocycles. The molecular weight excluding hydrogens is 246 g/mol. The zero-order valence-electron chi connectivity index (χ0n) is 10.5. The van der Waals surface area contributed by atoms with Gasteiger partial charge in [-0.05, 0) is 13.8 Å². The highest BCUT2D eigenvalue weighted by molar-refractivity contribution is 6.19. The average molecular weight is 259 g/mol. The number of hydrogen-bond donors (Lipinski definition) is 2. The molecule has 1 aromatic rings. The number of carbonyl (C=O) groups excluding carboxylic acids is 2. The summed E-state index contributed by atoms with van der Waals surface area (Å²) in [4.78, 5) is 28.2. The fraction of sp³-hybridized carbons (Fsp3) is 0.357. The molecule has 1 aliphatic heterocycles. The third-order valence-electron chi connectivity index (χ3n) is 4.01. The number of Topliss-reactive ketones (excluding diaryl/α,β-unsaturated/α-hetero) is 2. The first-order chi connectivity index (χ1) is 8.84. The van der Waals surface area contributed by atoms with Crippen LogP contribution in [0, 0.1) is 5.92 Å². The van der Waals surface area contributed by atoms with Crippen LogP contribution in [0.2, 0.25) is 0 Å². The van der Waals surface area contributed by atoms with E-state index in [1.54, 1.807) is 18.2 Å². The van der Waals surface area contributed by atoms with Gasteiger partial charge in [-0.2, -0.15) is 0 Å². The van der Waals surface area contributed by atoms with Gasteiger partial charge in [-0.15, -0.1) is 0 Å². The first kappa shape index (κ1) is 12.2. The predicted octanol–water partition coefficient (Wildman–Crippen LogP) is 0.439. The van der Waals surface area contributed by atoms with Crippen LogP contribution < -0.4 is 0 Å². The Hall–Kier alpha value is -1.85. The van der Waals surface area contributed by atoms with Crippen molar-refractivity contribution in [3.63, 3.8) is 0 Å². The van der Waals surface area contributed by atoms with Gasteiger partial charge in [0.1, 0.15) is 5.78 Å². The highest BCUT2D eigenvalue weighted by atomic mass is 16.4. The maximum Gasteiger partial charge on any atom is 0.220 e. The first-order valence-corrected chi connectivity index (χ1v) is 6.00. The van der Waals surface area contributed by atoms with Gasteiger partial charge in [0, 0.05) is 16.8 Å². The van der Waals surface area contributed by atoms with Crippen LogP contribution in [0.25, 0.3) is 0 Å². The van der Waals surface area contributed by atoms with Crippen LogP contribution in [-0.4, -0.2) is 33.1 Å². The summed E-state index contributed by atoms with van der Waals surface area (Å²) in [6.07, 6.45) is 0. The monoisotopic (exact) mass is 259 g/mol. The molecule has 1 aliphatic carbocycles. The van der Waals surface area contributed by atoms with Gasteiger partial charge in [0.25, 0.3) is 0 Å². The van der Waals surface area contributed by atoms with E-state index in [1.807, 2.05) is 0 Å². The lowest BCUT2D eigenvalue weighted by molar-refractivity contribution is -0.142. The number of ketones is 2. The Morgan fingerprint density at radius 3 is 2.58 bits per heavy atom. The summed E-state index contributed by atoms with van der Waals surface area (Å²) in [6, 6.07) is 6.37. The van der Waals surface area contributed by atoms with E-state index in [0.717, 1.165) is 0 Å². The maximum absolute atomic E-state index is 12.4. The molecule has 0 radical (unpaired) electrons. The predicted molar refractivity (Wildman–Crippen MR) is 66.9 cm³/mol. The van der Waals surface area contributed by atoms with Gasteiger partial charge in [0.2, 0.25) is 11.5 Å². The second-order valence-electron chi connectivity index (χ2n) is 5.11. The summed E-state index contributed by atoms with van der Waals surface area (Å²) in [7, 11) is 0. The van der Waals surface area contributed by atoms with Gasteiger partial charge in [-0.1, -0.05) is 24.3 Å². The van der Waals surface area contributed by atoms with E-state index < -0.39 is 23.0 Å². The van der Waals surface area contributed by atoms with Crippen molar-refractivity contribution in [2.45, 2.75) is 25.2 Å². The number of fused-ring (bicyclic) bond motifs is 3. The maximum atomic E-state index is 12.4. The largest absolute Gasteiger partial charge is 0.376 e. The molecule has 0 aromatic heterocycles. The lowest BCUT2D eigenvalue weighted by Crippen LogP contribution is -2.55. The number of nitrogens with zero attached hydrogens (tertiary/aromatic N) is 1. The first-order valence-electron chi connectivity index (χ1n) is 6.00. The van der Waals surface area contributed by atoms with Crippen LogP contribution in [0.3, 0.4) is 0 Å². The Kier molecular flexibility index (Phi) is 2.17. The van der Waals surface area contributed by atoms with E-state index in [4.69, 9.17) is 0 Å². The number of carbonyl (C=O) groups is 2. The van der Waals surface area contributed by atoms with Crippen molar-refractivity contribution in [1.82, 2.24) is 0 Å². The summed E-state index contributed by atoms with van der Waals surface area (Å²) in [5.41, 5.74) is -3.52. The molecule has 2 N–H and O–H groups in total. The SMILES string of the molecule is CC(=O)C1C(C)=N[C@]2(O)c3ccccc3C(=O)[C@@]12O. The molecule has 19 heavy (non-hydrogen) atoms. The van der Waals surface area contributed by atoms with Crippen molar-refractivity contribution in [2.75, 3.05) is 0 Å². The number of rotatable bonds is 1. The minimum atomic E-state index is -2.22. The zero-order valence-corrected chi connectivity index (χ0v) is 10.5. The Morgan fingerprint density at radius 1 is 1.32 bits per heavy atom. The van der Waals surface area contributed by atoms with Gasteiger partial charge < -0.3 is 10.2 Å². The van der Waals surface area contributed by atoms with Gasteiger partial charge in [0.05, 0.1) is 5.92 Å². The Bertz CT molecular complexity index is 651. The molecule has 5 nitrogen and oxygen atoms in total. The Labute approximate surface area is 109 Å². The second-order valence-corrected chi connectivity index (χ2v) is 5.11. The van der Waals surface area contributed by atoms with E-state index >= 15 is 0 Å². The lowest BCUT2D eigenvalue weighted by atomic mass is 9.78. The van der Waals surface area contributed by atoms with Crippen molar-refractivity contribution in [3.8, 4) is 0 Å². The number of aliphatic imine (C=N–C) groups is 1. The minimum Gasteiger partial charge on any atom is -0.376 e. The van der Waals surface area contributed by atoms with Gasteiger partial charge in [-0.3, -0.25) is 14.6 Å². The summed E-state index contributed by atoms with van der Waals surface area (Å²) in [6.45, 7) is 2.82. The summed E-state index contributed by atoms with van der Waals surface area (Å²) in [5.74, 6) is -2.13. The van der Waals surface area contributed by atoms with Crippen molar-refractivity contribution in [1.29, 1.82) is 0 Å². The van der Waals surface area contributed by atoms with Gasteiger partial charge in [-0.25, -0.2) is 0 Å². The fourth-order valence-corrected chi connectivity index (χ4v) is 3.24. The second kappa shape index (κ2) is 3.37. The molecule has 3 atom stereocenters. The highest BCUT2D eigenvalue weighted by Gasteiger charge is 2.71. The third-order valence-corrected chi connectivity index (χ3v) is 4.01. The molecule has 1 unspecified atom stereocenters. The van der Waals surface area contributed by atoms with E-state index in [9.17, 15) is 19.8 Å². The Balaban J connectivity index is 2.33. The van der Waals surface area contributed by atoms with E-state index in [0.29, 0.717) is 0 Å². The molecule has 2 aliphatic rings. The van der Waals surface area contributed by atoms with Gasteiger partial charge >= 0.3 is 0 Å². The van der Waals surface area contributed by atoms with Crippen LogP contribution in [0.1, 0.15) is 29.8 Å². The molecule has 0 amide bonds. The van der Waals surface area contributed by atoms with E-state index in [-0.39, 0.29) is 22.6 Å². The molecule has 5 heteroatoms. The average Bonchev–Trinajstić information content (AvgIpc) is 2.65. The van der Waals surface area contributed by atoms with Crippen LogP contribution in [0.5, 0.6) is 0 Å². The van der Waals surface area contributed by atoms with Crippen LogP contribution in [0.4, 0.5) is 0 Å². The van der Waals surface area contributed by atoms with E-state index in [2.05, 4.69) is 4.99 Å². The molecule has 3 rings (SSSR count). The van der Waals surface area contributed by atoms with Crippen LogP contribution in [0.15, 0.2) is 29.3 Å². The standard InChI is InChI=1S/C14H13NO4/c1-7-11(8(2)16)13(18)12(17)9-5-3-4-6-10(9)14(13,19)15-7/h3-6,11,18-19H,1-2H3/t11?,13-,14-/m0/s1. The molecule has 0 bridgehead atoms. The number of hydrogen-bond acceptors (Lipinski definition) is 5. The molecule has 1 heterocycles. The normalized spacial score (nSPS) is 35.9.